The van der Waals surface area contributed by atoms with E-state index in [0.29, 0.717) is 30.0 Å². The Bertz CT molecular complexity index is 389. The van der Waals surface area contributed by atoms with Crippen molar-refractivity contribution in [3.63, 3.8) is 0 Å². The van der Waals surface area contributed by atoms with E-state index < -0.39 is 5.60 Å². The van der Waals surface area contributed by atoms with Gasteiger partial charge in [0.15, 0.2) is 0 Å². The first-order valence-corrected chi connectivity index (χ1v) is 6.24. The normalized spacial score (nSPS) is 14.5. The maximum Gasteiger partial charge on any atom is 0.126 e. The fourth-order valence-corrected chi connectivity index (χ4v) is 2.14. The van der Waals surface area contributed by atoms with Crippen LogP contribution < -0.4 is 5.73 Å². The first kappa shape index (κ1) is 15.4. The van der Waals surface area contributed by atoms with E-state index in [1.165, 1.54) is 25.3 Å². The number of nitrogens with two attached hydrogens (primary N) is 1. The molecule has 0 aliphatic rings. The smallest absolute Gasteiger partial charge is 0.126 e. The summed E-state index contributed by atoms with van der Waals surface area (Å²) >= 11 is 5.83. The van der Waals surface area contributed by atoms with Gasteiger partial charge in [-0.05, 0) is 43.1 Å². The quantitative estimate of drug-likeness (QED) is 0.802. The van der Waals surface area contributed by atoms with Crippen molar-refractivity contribution in [1.82, 2.24) is 0 Å². The van der Waals surface area contributed by atoms with Crippen molar-refractivity contribution in [2.24, 2.45) is 5.73 Å². The van der Waals surface area contributed by atoms with E-state index in [4.69, 9.17) is 22.1 Å². The number of hydrogen-bond acceptors (Lipinski definition) is 3. The standard InChI is InChI=1S/C13H19ClFNO2/c1-18-9-13(17,5-2-6-16)8-10-7-11(14)3-4-12(10)15/h3-4,7,17H,2,5-6,8-9,16H2,1H3. The summed E-state index contributed by atoms with van der Waals surface area (Å²) in [5.41, 5.74) is 4.71. The molecule has 0 amide bonds. The second-order valence-electron chi connectivity index (χ2n) is 4.46. The highest BCUT2D eigenvalue weighted by Crippen LogP contribution is 2.23. The van der Waals surface area contributed by atoms with Crippen LogP contribution in [0.2, 0.25) is 5.02 Å². The molecule has 102 valence electrons. The zero-order chi connectivity index (χ0) is 13.6. The van der Waals surface area contributed by atoms with Gasteiger partial charge >= 0.3 is 0 Å². The van der Waals surface area contributed by atoms with Crippen molar-refractivity contribution < 1.29 is 14.2 Å². The fraction of sp³-hybridized carbons (Fsp3) is 0.538. The van der Waals surface area contributed by atoms with Crippen molar-refractivity contribution in [2.45, 2.75) is 24.9 Å². The third-order valence-electron chi connectivity index (χ3n) is 2.79. The number of hydrogen-bond donors (Lipinski definition) is 2. The van der Waals surface area contributed by atoms with E-state index in [1.807, 2.05) is 0 Å². The molecule has 3 nitrogen and oxygen atoms in total. The molecule has 1 aromatic carbocycles. The highest BCUT2D eigenvalue weighted by molar-refractivity contribution is 6.30. The van der Waals surface area contributed by atoms with E-state index >= 15 is 0 Å². The summed E-state index contributed by atoms with van der Waals surface area (Å²) in [6.07, 6.45) is 1.28. The van der Waals surface area contributed by atoms with Gasteiger partial charge in [-0.3, -0.25) is 0 Å². The topological polar surface area (TPSA) is 55.5 Å². The molecule has 0 fully saturated rings. The van der Waals surface area contributed by atoms with Crippen LogP contribution in [0.3, 0.4) is 0 Å². The van der Waals surface area contributed by atoms with Gasteiger partial charge in [0.1, 0.15) is 5.82 Å². The molecule has 18 heavy (non-hydrogen) atoms. The van der Waals surface area contributed by atoms with E-state index in [2.05, 4.69) is 0 Å². The SMILES string of the molecule is COCC(O)(CCCN)Cc1cc(Cl)ccc1F. The predicted molar refractivity (Wildman–Crippen MR) is 70.2 cm³/mol. The van der Waals surface area contributed by atoms with Crippen molar-refractivity contribution in [3.8, 4) is 0 Å². The molecule has 3 N–H and O–H groups in total. The molecule has 5 heteroatoms. The lowest BCUT2D eigenvalue weighted by atomic mass is 9.90. The number of methoxy groups -OCH3 is 1. The van der Waals surface area contributed by atoms with Crippen LogP contribution in [0.25, 0.3) is 0 Å². The van der Waals surface area contributed by atoms with E-state index in [-0.39, 0.29) is 18.8 Å². The highest BCUT2D eigenvalue weighted by atomic mass is 35.5. The Morgan fingerprint density at radius 3 is 2.83 bits per heavy atom. The minimum Gasteiger partial charge on any atom is -0.387 e. The number of aliphatic hydroxyl groups is 1. The van der Waals surface area contributed by atoms with Crippen LogP contribution in [0, 0.1) is 5.82 Å². The molecular formula is C13H19ClFNO2. The summed E-state index contributed by atoms with van der Waals surface area (Å²) in [6.45, 7) is 0.614. The van der Waals surface area contributed by atoms with Crippen molar-refractivity contribution in [2.75, 3.05) is 20.3 Å². The summed E-state index contributed by atoms with van der Waals surface area (Å²) in [7, 11) is 1.50. The predicted octanol–water partition coefficient (Wildman–Crippen LogP) is 2.14. The minimum atomic E-state index is -1.11. The van der Waals surface area contributed by atoms with Crippen LogP contribution >= 0.6 is 11.6 Å². The molecule has 1 aromatic rings. The fourth-order valence-electron chi connectivity index (χ4n) is 1.94. The Morgan fingerprint density at radius 2 is 2.22 bits per heavy atom. The van der Waals surface area contributed by atoms with Gasteiger partial charge in [0.2, 0.25) is 0 Å². The molecule has 1 rings (SSSR count). The van der Waals surface area contributed by atoms with Gasteiger partial charge in [0.05, 0.1) is 12.2 Å². The number of benzene rings is 1. The van der Waals surface area contributed by atoms with Crippen molar-refractivity contribution in [1.29, 1.82) is 0 Å². The molecule has 1 unspecified atom stereocenters. The van der Waals surface area contributed by atoms with Gasteiger partial charge in [-0.15, -0.1) is 0 Å². The molecular weight excluding hydrogens is 257 g/mol. The molecule has 1 atom stereocenters. The maximum absolute atomic E-state index is 13.6. The summed E-state index contributed by atoms with van der Waals surface area (Å²) in [5, 5.41) is 10.9. The Morgan fingerprint density at radius 1 is 1.50 bits per heavy atom. The molecule has 0 spiro atoms. The number of rotatable bonds is 7. The first-order chi connectivity index (χ1) is 8.50. The summed E-state index contributed by atoms with van der Waals surface area (Å²) < 4.78 is 18.6. The Balaban J connectivity index is 2.84. The summed E-state index contributed by atoms with van der Waals surface area (Å²) in [4.78, 5) is 0. The number of ether oxygens (including phenoxy) is 1. The molecule has 0 saturated heterocycles. The lowest BCUT2D eigenvalue weighted by molar-refractivity contribution is -0.0380. The Labute approximate surface area is 112 Å². The number of halogens is 2. The molecule has 0 aliphatic heterocycles. The Hall–Kier alpha value is -0.680. The molecule has 0 bridgehead atoms. The van der Waals surface area contributed by atoms with Crippen LogP contribution in [-0.4, -0.2) is 31.0 Å². The second-order valence-corrected chi connectivity index (χ2v) is 4.90. The molecule has 0 aliphatic carbocycles. The zero-order valence-corrected chi connectivity index (χ0v) is 11.2. The monoisotopic (exact) mass is 275 g/mol. The molecule has 0 heterocycles. The van der Waals surface area contributed by atoms with Crippen LogP contribution in [0.5, 0.6) is 0 Å². The average Bonchev–Trinajstić information content (AvgIpc) is 2.32. The van der Waals surface area contributed by atoms with Gasteiger partial charge < -0.3 is 15.6 Å². The minimum absolute atomic E-state index is 0.138. The van der Waals surface area contributed by atoms with E-state index in [9.17, 15) is 9.50 Å². The maximum atomic E-state index is 13.6. The third kappa shape index (κ3) is 4.53. The van der Waals surface area contributed by atoms with Crippen LogP contribution in [0.4, 0.5) is 4.39 Å². The molecule has 0 saturated carbocycles. The third-order valence-corrected chi connectivity index (χ3v) is 3.02. The largest absolute Gasteiger partial charge is 0.387 e. The zero-order valence-electron chi connectivity index (χ0n) is 10.5. The van der Waals surface area contributed by atoms with Crippen LogP contribution in [0.15, 0.2) is 18.2 Å². The molecule has 0 radical (unpaired) electrons. The van der Waals surface area contributed by atoms with E-state index in [1.54, 1.807) is 0 Å². The van der Waals surface area contributed by atoms with Gasteiger partial charge in [0, 0.05) is 18.6 Å². The van der Waals surface area contributed by atoms with Crippen molar-refractivity contribution >= 4 is 11.6 Å². The van der Waals surface area contributed by atoms with Crippen molar-refractivity contribution in [3.05, 3.63) is 34.6 Å². The van der Waals surface area contributed by atoms with E-state index in [0.717, 1.165) is 0 Å². The lowest BCUT2D eigenvalue weighted by Crippen LogP contribution is -2.37. The van der Waals surface area contributed by atoms with Gasteiger partial charge in [-0.25, -0.2) is 4.39 Å². The summed E-state index contributed by atoms with van der Waals surface area (Å²) in [5.74, 6) is -0.373. The highest BCUT2D eigenvalue weighted by Gasteiger charge is 2.28. The first-order valence-electron chi connectivity index (χ1n) is 5.86. The lowest BCUT2D eigenvalue weighted by Gasteiger charge is -2.27. The van der Waals surface area contributed by atoms with Crippen LogP contribution in [0.1, 0.15) is 18.4 Å². The second kappa shape index (κ2) is 7.04. The molecule has 0 aromatic heterocycles. The van der Waals surface area contributed by atoms with Gasteiger partial charge in [0.25, 0.3) is 0 Å². The average molecular weight is 276 g/mol. The van der Waals surface area contributed by atoms with Crippen LogP contribution in [-0.2, 0) is 11.2 Å². The Kier molecular flexibility index (Phi) is 6.02. The van der Waals surface area contributed by atoms with Gasteiger partial charge in [-0.2, -0.15) is 0 Å². The van der Waals surface area contributed by atoms with Gasteiger partial charge in [-0.1, -0.05) is 11.6 Å². The summed E-state index contributed by atoms with van der Waals surface area (Å²) in [6, 6.07) is 4.31.